The zero-order valence-electron chi connectivity index (χ0n) is 10.6. The number of ether oxygens (including phenoxy) is 2. The van der Waals surface area contributed by atoms with Crippen LogP contribution < -0.4 is 5.32 Å². The molecule has 100 valence electrons. The average Bonchev–Trinajstić information content (AvgIpc) is 2.37. The summed E-state index contributed by atoms with van der Waals surface area (Å²) >= 11 is 5.92. The molecule has 1 aromatic carbocycles. The van der Waals surface area contributed by atoms with Crippen LogP contribution in [0.25, 0.3) is 0 Å². The van der Waals surface area contributed by atoms with Crippen molar-refractivity contribution in [2.45, 2.75) is 12.5 Å². The van der Waals surface area contributed by atoms with Gasteiger partial charge in [0, 0.05) is 32.2 Å². The van der Waals surface area contributed by atoms with Crippen molar-refractivity contribution in [1.82, 2.24) is 5.32 Å². The monoisotopic (exact) mass is 271 g/mol. The molecule has 0 radical (unpaired) electrons. The summed E-state index contributed by atoms with van der Waals surface area (Å²) in [5.74, 6) is -0.0547. The molecule has 0 heterocycles. The van der Waals surface area contributed by atoms with Crippen molar-refractivity contribution in [2.24, 2.45) is 0 Å². The molecule has 0 saturated heterocycles. The van der Waals surface area contributed by atoms with Crippen LogP contribution in [0.5, 0.6) is 0 Å². The van der Waals surface area contributed by atoms with Crippen molar-refractivity contribution in [3.63, 3.8) is 0 Å². The summed E-state index contributed by atoms with van der Waals surface area (Å²) in [7, 11) is 3.17. The Morgan fingerprint density at radius 1 is 1.44 bits per heavy atom. The van der Waals surface area contributed by atoms with E-state index in [1.165, 1.54) is 0 Å². The van der Waals surface area contributed by atoms with E-state index in [1.54, 1.807) is 20.3 Å². The molecule has 5 heteroatoms. The minimum absolute atomic E-state index is 0.0547. The van der Waals surface area contributed by atoms with E-state index in [0.717, 1.165) is 5.56 Å². The summed E-state index contributed by atoms with van der Waals surface area (Å²) in [6.07, 6.45) is 0.151. The van der Waals surface area contributed by atoms with Crippen molar-refractivity contribution < 1.29 is 14.3 Å². The van der Waals surface area contributed by atoms with Gasteiger partial charge in [-0.15, -0.1) is 0 Å². The van der Waals surface area contributed by atoms with Gasteiger partial charge in [-0.3, -0.25) is 4.79 Å². The predicted octanol–water partition coefficient (Wildman–Crippen LogP) is 2.18. The van der Waals surface area contributed by atoms with Crippen LogP contribution in [0.15, 0.2) is 24.3 Å². The fraction of sp³-hybridized carbons (Fsp3) is 0.462. The molecule has 0 aliphatic carbocycles. The molecule has 4 nitrogen and oxygen atoms in total. The van der Waals surface area contributed by atoms with Crippen molar-refractivity contribution in [3.8, 4) is 0 Å². The highest BCUT2D eigenvalue weighted by Gasteiger charge is 2.12. The molecule has 1 amide bonds. The van der Waals surface area contributed by atoms with Crippen LogP contribution in [0.1, 0.15) is 18.1 Å². The lowest BCUT2D eigenvalue weighted by molar-refractivity contribution is -0.122. The molecular weight excluding hydrogens is 254 g/mol. The highest BCUT2D eigenvalue weighted by Crippen LogP contribution is 2.19. The molecule has 0 spiro atoms. The van der Waals surface area contributed by atoms with Crippen LogP contribution >= 0.6 is 11.6 Å². The van der Waals surface area contributed by atoms with E-state index in [4.69, 9.17) is 21.1 Å². The molecular formula is C13H18ClNO3. The maximum Gasteiger partial charge on any atom is 0.222 e. The third-order valence-electron chi connectivity index (χ3n) is 2.52. The van der Waals surface area contributed by atoms with Crippen LogP contribution in [0, 0.1) is 0 Å². The smallest absolute Gasteiger partial charge is 0.222 e. The number of carbonyl (C=O) groups excluding carboxylic acids is 1. The summed E-state index contributed by atoms with van der Waals surface area (Å²) in [5, 5.41) is 3.45. The predicted molar refractivity (Wildman–Crippen MR) is 70.7 cm³/mol. The van der Waals surface area contributed by atoms with Gasteiger partial charge in [-0.2, -0.15) is 0 Å². The Kier molecular flexibility index (Phi) is 6.72. The van der Waals surface area contributed by atoms with Gasteiger partial charge in [-0.05, 0) is 17.7 Å². The van der Waals surface area contributed by atoms with Crippen LogP contribution in [0.3, 0.4) is 0 Å². The molecule has 0 bridgehead atoms. The first-order valence-corrected chi connectivity index (χ1v) is 6.09. The van der Waals surface area contributed by atoms with Gasteiger partial charge >= 0.3 is 0 Å². The Balaban J connectivity index is 2.50. The van der Waals surface area contributed by atoms with E-state index in [9.17, 15) is 4.79 Å². The lowest BCUT2D eigenvalue weighted by atomic mass is 10.1. The molecule has 0 aromatic heterocycles. The maximum atomic E-state index is 11.4. The first-order valence-electron chi connectivity index (χ1n) is 5.71. The Hall–Kier alpha value is -1.10. The number of halogens is 1. The molecule has 1 rings (SSSR count). The number of methoxy groups -OCH3 is 2. The van der Waals surface area contributed by atoms with E-state index >= 15 is 0 Å². The normalized spacial score (nSPS) is 12.2. The number of carbonyl (C=O) groups is 1. The lowest BCUT2D eigenvalue weighted by Gasteiger charge is -2.16. The van der Waals surface area contributed by atoms with E-state index in [2.05, 4.69) is 5.32 Å². The van der Waals surface area contributed by atoms with Gasteiger partial charge in [-0.1, -0.05) is 23.7 Å². The van der Waals surface area contributed by atoms with Gasteiger partial charge in [0.15, 0.2) is 0 Å². The quantitative estimate of drug-likeness (QED) is 0.827. The molecule has 1 atom stereocenters. The third kappa shape index (κ3) is 5.04. The largest absolute Gasteiger partial charge is 0.384 e. The van der Waals surface area contributed by atoms with Gasteiger partial charge in [0.25, 0.3) is 0 Å². The molecule has 0 fully saturated rings. The molecule has 1 aromatic rings. The molecule has 1 unspecified atom stereocenters. The Labute approximate surface area is 112 Å². The van der Waals surface area contributed by atoms with Crippen molar-refractivity contribution >= 4 is 17.5 Å². The number of hydrogen-bond acceptors (Lipinski definition) is 3. The number of benzene rings is 1. The number of nitrogens with one attached hydrogen (secondary N) is 1. The van der Waals surface area contributed by atoms with E-state index in [1.807, 2.05) is 18.2 Å². The minimum Gasteiger partial charge on any atom is -0.384 e. The van der Waals surface area contributed by atoms with Crippen molar-refractivity contribution in [2.75, 3.05) is 27.4 Å². The molecule has 0 saturated carbocycles. The fourth-order valence-electron chi connectivity index (χ4n) is 1.53. The lowest BCUT2D eigenvalue weighted by Crippen LogP contribution is -2.29. The van der Waals surface area contributed by atoms with Crippen LogP contribution in [-0.4, -0.2) is 33.3 Å². The third-order valence-corrected chi connectivity index (χ3v) is 2.76. The van der Waals surface area contributed by atoms with Crippen LogP contribution in [0.4, 0.5) is 0 Å². The van der Waals surface area contributed by atoms with Crippen LogP contribution in [-0.2, 0) is 14.3 Å². The fourth-order valence-corrected chi connectivity index (χ4v) is 1.73. The van der Waals surface area contributed by atoms with Crippen molar-refractivity contribution in [1.29, 1.82) is 0 Å². The average molecular weight is 272 g/mol. The zero-order valence-corrected chi connectivity index (χ0v) is 11.4. The Morgan fingerprint density at radius 2 is 2.22 bits per heavy atom. The highest BCUT2D eigenvalue weighted by atomic mass is 35.5. The minimum atomic E-state index is -0.199. The van der Waals surface area contributed by atoms with Gasteiger partial charge < -0.3 is 14.8 Å². The second-order valence-electron chi connectivity index (χ2n) is 3.83. The second kappa shape index (κ2) is 8.08. The molecule has 1 N–H and O–H groups in total. The number of rotatable bonds is 7. The van der Waals surface area contributed by atoms with E-state index in [0.29, 0.717) is 24.6 Å². The summed E-state index contributed by atoms with van der Waals surface area (Å²) in [6, 6.07) is 7.41. The summed E-state index contributed by atoms with van der Waals surface area (Å²) in [5.41, 5.74) is 0.942. The Bertz CT molecular complexity index is 384. The Morgan fingerprint density at radius 3 is 2.83 bits per heavy atom. The first kappa shape index (κ1) is 15.0. The van der Waals surface area contributed by atoms with E-state index in [-0.39, 0.29) is 12.0 Å². The highest BCUT2D eigenvalue weighted by molar-refractivity contribution is 6.30. The van der Waals surface area contributed by atoms with Gasteiger partial charge in [-0.25, -0.2) is 0 Å². The van der Waals surface area contributed by atoms with Crippen molar-refractivity contribution in [3.05, 3.63) is 34.9 Å². The molecule has 18 heavy (non-hydrogen) atoms. The maximum absolute atomic E-state index is 11.4. The number of amides is 1. The zero-order chi connectivity index (χ0) is 13.4. The molecule has 0 aliphatic rings. The van der Waals surface area contributed by atoms with Gasteiger partial charge in [0.1, 0.15) is 0 Å². The summed E-state index contributed by atoms with van der Waals surface area (Å²) in [6.45, 7) is 0.833. The van der Waals surface area contributed by atoms with E-state index < -0.39 is 0 Å². The second-order valence-corrected chi connectivity index (χ2v) is 4.26. The first-order chi connectivity index (χ1) is 8.67. The standard InChI is InChI=1S/C13H18ClNO3/c1-17-7-6-13(16)15-9-12(18-2)10-4-3-5-11(14)8-10/h3-5,8,12H,6-7,9H2,1-2H3,(H,15,16). The SMILES string of the molecule is COCCC(=O)NCC(OC)c1cccc(Cl)c1. The molecule has 0 aliphatic heterocycles. The number of hydrogen-bond donors (Lipinski definition) is 1. The van der Waals surface area contributed by atoms with Gasteiger partial charge in [0.2, 0.25) is 5.91 Å². The summed E-state index contributed by atoms with van der Waals surface area (Å²) < 4.78 is 10.2. The van der Waals surface area contributed by atoms with Crippen LogP contribution in [0.2, 0.25) is 5.02 Å². The summed E-state index contributed by atoms with van der Waals surface area (Å²) in [4.78, 5) is 11.4. The topological polar surface area (TPSA) is 47.6 Å². The van der Waals surface area contributed by atoms with Gasteiger partial charge in [0.05, 0.1) is 12.7 Å².